The van der Waals surface area contributed by atoms with Crippen molar-refractivity contribution in [3.05, 3.63) is 23.9 Å². The van der Waals surface area contributed by atoms with Crippen LogP contribution < -0.4 is 5.32 Å². The van der Waals surface area contributed by atoms with Crippen molar-refractivity contribution in [3.63, 3.8) is 0 Å². The number of nitrogens with one attached hydrogen (secondary N) is 1. The Morgan fingerprint density at radius 2 is 1.85 bits per heavy atom. The first kappa shape index (κ1) is 22.4. The minimum absolute atomic E-state index is 0.419. The Hall–Kier alpha value is -2.06. The Bertz CT molecular complexity index is 994. The highest BCUT2D eigenvalue weighted by Crippen LogP contribution is 2.42. The molecule has 1 N–H and O–H groups in total. The van der Waals surface area contributed by atoms with E-state index >= 15 is 0 Å². The predicted octanol–water partition coefficient (Wildman–Crippen LogP) is 3.97. The molecule has 1 spiro atoms. The molecule has 2 aliphatic heterocycles. The van der Waals surface area contributed by atoms with Crippen molar-refractivity contribution in [2.24, 2.45) is 10.8 Å². The van der Waals surface area contributed by atoms with Crippen molar-refractivity contribution in [1.29, 1.82) is 0 Å². The van der Waals surface area contributed by atoms with Gasteiger partial charge in [-0.2, -0.15) is 10.2 Å². The van der Waals surface area contributed by atoms with Gasteiger partial charge in [0.15, 0.2) is 11.6 Å². The highest BCUT2D eigenvalue weighted by molar-refractivity contribution is 5.44. The number of hydrogen-bond donors (Lipinski definition) is 1. The molecule has 0 aromatic carbocycles. The molecular weight excluding hydrogens is 426 g/mol. The summed E-state index contributed by atoms with van der Waals surface area (Å²) in [6, 6.07) is 2.55. The van der Waals surface area contributed by atoms with Crippen LogP contribution >= 0.6 is 0 Å². The molecule has 2 aromatic rings. The van der Waals surface area contributed by atoms with Gasteiger partial charge >= 0.3 is 0 Å². The van der Waals surface area contributed by atoms with Gasteiger partial charge < -0.3 is 15.0 Å². The fourth-order valence-corrected chi connectivity index (χ4v) is 6.09. The van der Waals surface area contributed by atoms with Crippen LogP contribution in [0.2, 0.25) is 0 Å². The van der Waals surface area contributed by atoms with Crippen molar-refractivity contribution in [2.75, 3.05) is 38.2 Å². The Labute approximate surface area is 202 Å². The standard InChI is InChI=1S/C26H39N7O/c1-3-22-29-24(19-4-5-19)33(31-22)21-14-23(30-27-15-21)28-20-6-8-25(2,9-7-20)16-32-12-10-26(11-13-32)17-34-18-26/h14-15,19-20H,3-13,16-18H2,1-2H3,(H,28,30). The Kier molecular flexibility index (Phi) is 5.84. The summed E-state index contributed by atoms with van der Waals surface area (Å²) < 4.78 is 7.49. The van der Waals surface area contributed by atoms with Gasteiger partial charge in [0.2, 0.25) is 0 Å². The van der Waals surface area contributed by atoms with E-state index in [0.717, 1.165) is 42.8 Å². The maximum atomic E-state index is 5.50. The number of anilines is 1. The topological polar surface area (TPSA) is 81.0 Å². The number of hydrogen-bond acceptors (Lipinski definition) is 7. The van der Waals surface area contributed by atoms with Gasteiger partial charge in [-0.15, -0.1) is 5.10 Å². The Morgan fingerprint density at radius 3 is 2.50 bits per heavy atom. The summed E-state index contributed by atoms with van der Waals surface area (Å²) in [4.78, 5) is 7.48. The van der Waals surface area contributed by atoms with Crippen molar-refractivity contribution in [1.82, 2.24) is 29.9 Å². The van der Waals surface area contributed by atoms with E-state index in [4.69, 9.17) is 14.8 Å². The van der Waals surface area contributed by atoms with E-state index in [1.807, 2.05) is 10.9 Å². The largest absolute Gasteiger partial charge is 0.380 e. The maximum Gasteiger partial charge on any atom is 0.151 e. The van der Waals surface area contributed by atoms with Crippen LogP contribution in [0.15, 0.2) is 12.3 Å². The summed E-state index contributed by atoms with van der Waals surface area (Å²) in [5.74, 6) is 3.38. The number of nitrogens with zero attached hydrogens (tertiary/aromatic N) is 6. The van der Waals surface area contributed by atoms with Crippen molar-refractivity contribution >= 4 is 5.82 Å². The normalized spacial score (nSPS) is 29.2. The van der Waals surface area contributed by atoms with Crippen LogP contribution in [0.3, 0.4) is 0 Å². The summed E-state index contributed by atoms with van der Waals surface area (Å²) in [7, 11) is 0. The molecule has 4 heterocycles. The molecule has 2 saturated heterocycles. The molecule has 34 heavy (non-hydrogen) atoms. The summed E-state index contributed by atoms with van der Waals surface area (Å²) in [6.45, 7) is 10.3. The molecule has 6 rings (SSSR count). The first-order valence-corrected chi connectivity index (χ1v) is 13.4. The molecule has 0 radical (unpaired) electrons. The number of ether oxygens (including phenoxy) is 1. The molecular formula is C26H39N7O. The van der Waals surface area contributed by atoms with Crippen LogP contribution in [0.4, 0.5) is 5.82 Å². The molecule has 0 atom stereocenters. The van der Waals surface area contributed by atoms with Gasteiger partial charge in [0, 0.05) is 36.4 Å². The van der Waals surface area contributed by atoms with Gasteiger partial charge in [-0.25, -0.2) is 9.67 Å². The second kappa shape index (κ2) is 8.86. The van der Waals surface area contributed by atoms with Crippen LogP contribution in [0.1, 0.15) is 82.8 Å². The van der Waals surface area contributed by atoms with Crippen LogP contribution in [-0.2, 0) is 11.2 Å². The molecule has 8 heteroatoms. The Morgan fingerprint density at radius 1 is 1.09 bits per heavy atom. The van der Waals surface area contributed by atoms with E-state index in [2.05, 4.69) is 40.3 Å². The Balaban J connectivity index is 1.05. The monoisotopic (exact) mass is 465 g/mol. The van der Waals surface area contributed by atoms with Crippen molar-refractivity contribution in [2.45, 2.75) is 83.6 Å². The zero-order valence-electron chi connectivity index (χ0n) is 20.8. The van der Waals surface area contributed by atoms with Crippen LogP contribution in [-0.4, -0.2) is 68.8 Å². The van der Waals surface area contributed by atoms with Crippen LogP contribution in [0.25, 0.3) is 5.69 Å². The van der Waals surface area contributed by atoms with Gasteiger partial charge in [0.25, 0.3) is 0 Å². The highest BCUT2D eigenvalue weighted by atomic mass is 16.5. The number of piperidine rings is 1. The van der Waals surface area contributed by atoms with E-state index in [9.17, 15) is 0 Å². The first-order chi connectivity index (χ1) is 16.5. The summed E-state index contributed by atoms with van der Waals surface area (Å²) in [5.41, 5.74) is 1.91. The summed E-state index contributed by atoms with van der Waals surface area (Å²) >= 11 is 0. The van der Waals surface area contributed by atoms with Gasteiger partial charge in [0.05, 0.1) is 25.1 Å². The molecule has 0 amide bonds. The lowest BCUT2D eigenvalue weighted by Crippen LogP contribution is -2.52. The molecule has 184 valence electrons. The van der Waals surface area contributed by atoms with E-state index < -0.39 is 0 Å². The van der Waals surface area contributed by atoms with Crippen LogP contribution in [0.5, 0.6) is 0 Å². The van der Waals surface area contributed by atoms with E-state index in [0.29, 0.717) is 22.8 Å². The fraction of sp³-hybridized carbons (Fsp3) is 0.769. The third-order valence-electron chi connectivity index (χ3n) is 8.70. The number of aryl methyl sites for hydroxylation is 1. The molecule has 2 saturated carbocycles. The van der Waals surface area contributed by atoms with Crippen LogP contribution in [0, 0.1) is 10.8 Å². The van der Waals surface area contributed by atoms with Gasteiger partial charge in [0.1, 0.15) is 5.82 Å². The number of rotatable bonds is 7. The molecule has 4 aliphatic rings. The molecule has 2 aromatic heterocycles. The lowest BCUT2D eigenvalue weighted by Gasteiger charge is -2.49. The SMILES string of the molecule is CCc1nc(C2CC2)n(-c2cnnc(NC3CCC(C)(CN4CCC5(CC4)COC5)CC3)c2)n1. The van der Waals surface area contributed by atoms with Gasteiger partial charge in [-0.05, 0) is 69.9 Å². The fourth-order valence-electron chi connectivity index (χ4n) is 6.09. The average Bonchev–Trinajstić information content (AvgIpc) is 3.59. The molecule has 0 unspecified atom stereocenters. The average molecular weight is 466 g/mol. The van der Waals surface area contributed by atoms with E-state index in [1.54, 1.807) is 0 Å². The lowest BCUT2D eigenvalue weighted by atomic mass is 9.72. The predicted molar refractivity (Wildman–Crippen MR) is 131 cm³/mol. The second-order valence-electron chi connectivity index (χ2n) is 11.7. The lowest BCUT2D eigenvalue weighted by molar-refractivity contribution is -0.141. The molecule has 8 nitrogen and oxygen atoms in total. The number of aromatic nitrogens is 5. The highest BCUT2D eigenvalue weighted by Gasteiger charge is 2.42. The third kappa shape index (κ3) is 4.59. The maximum absolute atomic E-state index is 5.50. The minimum atomic E-state index is 0.419. The third-order valence-corrected chi connectivity index (χ3v) is 8.70. The van der Waals surface area contributed by atoms with E-state index in [1.165, 1.54) is 71.0 Å². The first-order valence-electron chi connectivity index (χ1n) is 13.4. The van der Waals surface area contributed by atoms with Gasteiger partial charge in [-0.3, -0.25) is 0 Å². The molecule has 0 bridgehead atoms. The minimum Gasteiger partial charge on any atom is -0.380 e. The van der Waals surface area contributed by atoms with Crippen molar-refractivity contribution < 1.29 is 4.74 Å². The second-order valence-corrected chi connectivity index (χ2v) is 11.7. The molecule has 2 aliphatic carbocycles. The quantitative estimate of drug-likeness (QED) is 0.663. The zero-order valence-corrected chi connectivity index (χ0v) is 20.8. The van der Waals surface area contributed by atoms with Gasteiger partial charge in [-0.1, -0.05) is 13.8 Å². The smallest absolute Gasteiger partial charge is 0.151 e. The number of likely N-dealkylation sites (tertiary alicyclic amines) is 1. The van der Waals surface area contributed by atoms with E-state index in [-0.39, 0.29) is 0 Å². The van der Waals surface area contributed by atoms with Crippen molar-refractivity contribution in [3.8, 4) is 5.69 Å². The zero-order chi connectivity index (χ0) is 23.2. The summed E-state index contributed by atoms with van der Waals surface area (Å²) in [6.07, 6.45) is 12.6. The molecule has 4 fully saturated rings. The summed E-state index contributed by atoms with van der Waals surface area (Å²) in [5, 5.41) is 17.1.